The van der Waals surface area contributed by atoms with Crippen LogP contribution >= 0.6 is 0 Å². The number of hydrogen-bond donors (Lipinski definition) is 1. The van der Waals surface area contributed by atoms with E-state index in [1.54, 1.807) is 0 Å². The molecule has 0 aromatic heterocycles. The molecule has 0 aliphatic carbocycles. The van der Waals surface area contributed by atoms with Gasteiger partial charge in [0.05, 0.1) is 0 Å². The number of benzene rings is 3. The third kappa shape index (κ3) is 7.17. The molecule has 0 atom stereocenters. The normalized spacial score (nSPS) is 13.7. The first-order chi connectivity index (χ1) is 17.1. The number of piperazine rings is 1. The molecule has 4 rings (SSSR count). The summed E-state index contributed by atoms with van der Waals surface area (Å²) in [4.78, 5) is 31.7. The van der Waals surface area contributed by atoms with Crippen LogP contribution in [0.2, 0.25) is 0 Å². The fourth-order valence-corrected chi connectivity index (χ4v) is 4.47. The van der Waals surface area contributed by atoms with Gasteiger partial charge >= 0.3 is 0 Å². The van der Waals surface area contributed by atoms with Gasteiger partial charge in [0.25, 0.3) is 5.91 Å². The van der Waals surface area contributed by atoms with Crippen LogP contribution in [0.1, 0.15) is 27.9 Å². The van der Waals surface area contributed by atoms with Gasteiger partial charge in [-0.25, -0.2) is 0 Å². The van der Waals surface area contributed by atoms with Gasteiger partial charge in [0, 0.05) is 63.5 Å². The summed E-state index contributed by atoms with van der Waals surface area (Å²) in [6.45, 7) is 5.01. The molecule has 2 amide bonds. The van der Waals surface area contributed by atoms with Crippen LogP contribution in [0.4, 0.5) is 5.69 Å². The minimum absolute atomic E-state index is 0.0919. The predicted octanol–water partition coefficient (Wildman–Crippen LogP) is 3.79. The second kappa shape index (κ2) is 12.2. The molecule has 0 unspecified atom stereocenters. The molecule has 0 bridgehead atoms. The number of rotatable bonds is 9. The molecule has 1 fully saturated rings. The zero-order chi connectivity index (χ0) is 24.5. The lowest BCUT2D eigenvalue weighted by Crippen LogP contribution is -2.49. The van der Waals surface area contributed by atoms with Crippen molar-refractivity contribution in [1.82, 2.24) is 15.1 Å². The maximum atomic E-state index is 12.7. The third-order valence-corrected chi connectivity index (χ3v) is 6.32. The quantitative estimate of drug-likeness (QED) is 0.517. The van der Waals surface area contributed by atoms with Crippen molar-refractivity contribution in [1.29, 1.82) is 0 Å². The fraction of sp³-hybridized carbons (Fsp3) is 0.310. The zero-order valence-corrected chi connectivity index (χ0v) is 20.4. The SMILES string of the molecule is CN(Cc1ccccc1)Cc1cccc(C(=O)NCCC(=O)N2CCN(c3ccccc3)CC2)c1. The lowest BCUT2D eigenvalue weighted by molar-refractivity contribution is -0.131. The van der Waals surface area contributed by atoms with Gasteiger partial charge in [-0.15, -0.1) is 0 Å². The van der Waals surface area contributed by atoms with Crippen LogP contribution < -0.4 is 10.2 Å². The van der Waals surface area contributed by atoms with Gasteiger partial charge in [-0.1, -0.05) is 60.7 Å². The van der Waals surface area contributed by atoms with Gasteiger partial charge in [0.2, 0.25) is 5.91 Å². The molecule has 1 N–H and O–H groups in total. The smallest absolute Gasteiger partial charge is 0.251 e. The van der Waals surface area contributed by atoms with Crippen molar-refractivity contribution in [2.75, 3.05) is 44.7 Å². The van der Waals surface area contributed by atoms with Gasteiger partial charge < -0.3 is 15.1 Å². The standard InChI is InChI=1S/C29H34N4O2/c1-31(22-24-9-4-2-5-10-24)23-25-11-8-12-26(21-25)29(35)30-16-15-28(34)33-19-17-32(18-20-33)27-13-6-3-7-14-27/h2-14,21H,15-20,22-23H2,1H3,(H,30,35). The summed E-state index contributed by atoms with van der Waals surface area (Å²) in [7, 11) is 2.07. The Morgan fingerprint density at radius 3 is 2.14 bits per heavy atom. The second-order valence-corrected chi connectivity index (χ2v) is 9.07. The molecule has 6 nitrogen and oxygen atoms in total. The van der Waals surface area contributed by atoms with Crippen LogP contribution in [-0.4, -0.2) is 61.4 Å². The molecule has 1 aliphatic heterocycles. The highest BCUT2D eigenvalue weighted by atomic mass is 16.2. The first-order valence-electron chi connectivity index (χ1n) is 12.3. The number of hydrogen-bond acceptors (Lipinski definition) is 4. The van der Waals surface area contributed by atoms with Crippen LogP contribution in [0.15, 0.2) is 84.9 Å². The molecule has 35 heavy (non-hydrogen) atoms. The van der Waals surface area contributed by atoms with Crippen molar-refractivity contribution in [2.45, 2.75) is 19.5 Å². The van der Waals surface area contributed by atoms with Gasteiger partial charge in [0.15, 0.2) is 0 Å². The molecule has 6 heteroatoms. The molecule has 1 aliphatic rings. The van der Waals surface area contributed by atoms with Crippen molar-refractivity contribution in [3.8, 4) is 0 Å². The molecule has 3 aromatic rings. The van der Waals surface area contributed by atoms with Crippen LogP contribution in [0.3, 0.4) is 0 Å². The van der Waals surface area contributed by atoms with Crippen LogP contribution in [0.5, 0.6) is 0 Å². The lowest BCUT2D eigenvalue weighted by Gasteiger charge is -2.36. The van der Waals surface area contributed by atoms with Crippen molar-refractivity contribution < 1.29 is 9.59 Å². The van der Waals surface area contributed by atoms with Gasteiger partial charge in [0.1, 0.15) is 0 Å². The molecule has 0 saturated carbocycles. The Balaban J connectivity index is 1.20. The van der Waals surface area contributed by atoms with Gasteiger partial charge in [-0.3, -0.25) is 14.5 Å². The van der Waals surface area contributed by atoms with Crippen LogP contribution in [0, 0.1) is 0 Å². The van der Waals surface area contributed by atoms with E-state index in [0.717, 1.165) is 31.7 Å². The Kier molecular flexibility index (Phi) is 8.52. The van der Waals surface area contributed by atoms with E-state index >= 15 is 0 Å². The molecule has 3 aromatic carbocycles. The van der Waals surface area contributed by atoms with Crippen molar-refractivity contribution >= 4 is 17.5 Å². The average Bonchev–Trinajstić information content (AvgIpc) is 2.90. The number of para-hydroxylation sites is 1. The molecule has 0 spiro atoms. The highest BCUT2D eigenvalue weighted by Crippen LogP contribution is 2.16. The Labute approximate surface area is 208 Å². The Hall–Kier alpha value is -3.64. The second-order valence-electron chi connectivity index (χ2n) is 9.07. The lowest BCUT2D eigenvalue weighted by atomic mass is 10.1. The predicted molar refractivity (Wildman–Crippen MR) is 140 cm³/mol. The largest absolute Gasteiger partial charge is 0.368 e. The Morgan fingerprint density at radius 1 is 0.800 bits per heavy atom. The van der Waals surface area contributed by atoms with Crippen molar-refractivity contribution in [3.63, 3.8) is 0 Å². The van der Waals surface area contributed by atoms with E-state index in [2.05, 4.69) is 46.4 Å². The molecule has 1 saturated heterocycles. The summed E-state index contributed by atoms with van der Waals surface area (Å²) in [5.41, 5.74) is 4.17. The Bertz CT molecular complexity index is 1100. The van der Waals surface area contributed by atoms with E-state index in [0.29, 0.717) is 31.6 Å². The van der Waals surface area contributed by atoms with E-state index in [1.165, 1.54) is 11.3 Å². The highest BCUT2D eigenvalue weighted by molar-refractivity contribution is 5.94. The molecule has 0 radical (unpaired) electrons. The van der Waals surface area contributed by atoms with Gasteiger partial charge in [-0.05, 0) is 42.4 Å². The number of nitrogens with zero attached hydrogens (tertiary/aromatic N) is 3. The van der Waals surface area contributed by atoms with Gasteiger partial charge in [-0.2, -0.15) is 0 Å². The van der Waals surface area contributed by atoms with E-state index in [1.807, 2.05) is 65.6 Å². The van der Waals surface area contributed by atoms with E-state index in [4.69, 9.17) is 0 Å². The van der Waals surface area contributed by atoms with Crippen LogP contribution in [0.25, 0.3) is 0 Å². The Morgan fingerprint density at radius 2 is 1.43 bits per heavy atom. The molecule has 1 heterocycles. The van der Waals surface area contributed by atoms with E-state index in [9.17, 15) is 9.59 Å². The summed E-state index contributed by atoms with van der Waals surface area (Å²) in [5, 5.41) is 2.91. The summed E-state index contributed by atoms with van der Waals surface area (Å²) in [5.74, 6) is -0.0476. The first kappa shape index (κ1) is 24.5. The number of carbonyl (C=O) groups excluding carboxylic acids is 2. The van der Waals surface area contributed by atoms with Crippen LogP contribution in [-0.2, 0) is 17.9 Å². The minimum Gasteiger partial charge on any atom is -0.368 e. The topological polar surface area (TPSA) is 55.9 Å². The zero-order valence-electron chi connectivity index (χ0n) is 20.4. The maximum Gasteiger partial charge on any atom is 0.251 e. The average molecular weight is 471 g/mol. The van der Waals surface area contributed by atoms with Crippen molar-refractivity contribution in [3.05, 3.63) is 102 Å². The number of nitrogens with one attached hydrogen (secondary N) is 1. The highest BCUT2D eigenvalue weighted by Gasteiger charge is 2.21. The van der Waals surface area contributed by atoms with E-state index < -0.39 is 0 Å². The summed E-state index contributed by atoms with van der Waals surface area (Å²) in [6, 6.07) is 28.3. The monoisotopic (exact) mass is 470 g/mol. The number of anilines is 1. The summed E-state index contributed by atoms with van der Waals surface area (Å²) in [6.07, 6.45) is 0.316. The fourth-order valence-electron chi connectivity index (χ4n) is 4.47. The third-order valence-electron chi connectivity index (χ3n) is 6.32. The molecule has 182 valence electrons. The number of amides is 2. The molecular formula is C29H34N4O2. The summed E-state index contributed by atoms with van der Waals surface area (Å²) < 4.78 is 0. The minimum atomic E-state index is -0.140. The molecular weight excluding hydrogens is 436 g/mol. The summed E-state index contributed by atoms with van der Waals surface area (Å²) >= 11 is 0. The first-order valence-corrected chi connectivity index (χ1v) is 12.3. The van der Waals surface area contributed by atoms with Crippen molar-refractivity contribution in [2.24, 2.45) is 0 Å². The van der Waals surface area contributed by atoms with E-state index in [-0.39, 0.29) is 11.8 Å². The number of carbonyl (C=O) groups is 2. The maximum absolute atomic E-state index is 12.7.